The maximum atomic E-state index is 12.5. The number of rotatable bonds is 6. The standard InChI is InChI=1S/C21H22ClN3O4/c1-3-14-6-4-5-7-17(14)25-12-15(10-19(25)26)21(28)29-13(2)20(27)24-18-9-8-16(22)11-23-18/h4-9,11,13,15H,3,10,12H2,1-2H3,(H,23,24,27)/t13-,15-/m1/s1. The lowest BCUT2D eigenvalue weighted by Gasteiger charge is -2.20. The number of amides is 2. The number of carbonyl (C=O) groups is 3. The van der Waals surface area contributed by atoms with E-state index in [9.17, 15) is 14.4 Å². The summed E-state index contributed by atoms with van der Waals surface area (Å²) in [6.07, 6.45) is 1.22. The number of nitrogens with one attached hydrogen (secondary N) is 1. The monoisotopic (exact) mass is 415 g/mol. The predicted octanol–water partition coefficient (Wildman–Crippen LogP) is 3.22. The third-order valence-corrected chi connectivity index (χ3v) is 4.99. The van der Waals surface area contributed by atoms with Gasteiger partial charge in [0.15, 0.2) is 6.10 Å². The average molecular weight is 416 g/mol. The fourth-order valence-corrected chi connectivity index (χ4v) is 3.28. The van der Waals surface area contributed by atoms with E-state index >= 15 is 0 Å². The van der Waals surface area contributed by atoms with Gasteiger partial charge in [-0.15, -0.1) is 0 Å². The smallest absolute Gasteiger partial charge is 0.312 e. The summed E-state index contributed by atoms with van der Waals surface area (Å²) >= 11 is 5.76. The van der Waals surface area contributed by atoms with Crippen LogP contribution < -0.4 is 10.2 Å². The molecular formula is C21H22ClN3O4. The van der Waals surface area contributed by atoms with E-state index in [0.29, 0.717) is 10.8 Å². The lowest BCUT2D eigenvalue weighted by Crippen LogP contribution is -2.33. The molecule has 1 aliphatic heterocycles. The lowest BCUT2D eigenvalue weighted by molar-refractivity contribution is -0.157. The van der Waals surface area contributed by atoms with Gasteiger partial charge in [-0.05, 0) is 37.1 Å². The van der Waals surface area contributed by atoms with E-state index in [1.165, 1.54) is 13.1 Å². The number of hydrogen-bond donors (Lipinski definition) is 1. The van der Waals surface area contributed by atoms with Crippen LogP contribution in [0.4, 0.5) is 11.5 Å². The highest BCUT2D eigenvalue weighted by atomic mass is 35.5. The van der Waals surface area contributed by atoms with Crippen LogP contribution in [0.25, 0.3) is 0 Å². The molecule has 1 fully saturated rings. The van der Waals surface area contributed by atoms with Crippen molar-refractivity contribution in [3.63, 3.8) is 0 Å². The molecule has 1 aromatic carbocycles. The van der Waals surface area contributed by atoms with Gasteiger partial charge in [-0.25, -0.2) is 4.98 Å². The Labute approximate surface area is 174 Å². The third kappa shape index (κ3) is 4.92. The largest absolute Gasteiger partial charge is 0.452 e. The fraction of sp³-hybridized carbons (Fsp3) is 0.333. The highest BCUT2D eigenvalue weighted by Crippen LogP contribution is 2.29. The molecule has 0 radical (unpaired) electrons. The van der Waals surface area contributed by atoms with Gasteiger partial charge >= 0.3 is 5.97 Å². The zero-order valence-electron chi connectivity index (χ0n) is 16.2. The van der Waals surface area contributed by atoms with Crippen LogP contribution in [0.5, 0.6) is 0 Å². The van der Waals surface area contributed by atoms with Gasteiger partial charge < -0.3 is 15.0 Å². The summed E-state index contributed by atoms with van der Waals surface area (Å²) in [6, 6.07) is 10.8. The van der Waals surface area contributed by atoms with Crippen molar-refractivity contribution in [1.29, 1.82) is 0 Å². The van der Waals surface area contributed by atoms with Crippen LogP contribution in [-0.2, 0) is 25.5 Å². The minimum absolute atomic E-state index is 0.0595. The summed E-state index contributed by atoms with van der Waals surface area (Å²) < 4.78 is 5.30. The van der Waals surface area contributed by atoms with Crippen molar-refractivity contribution in [2.75, 3.05) is 16.8 Å². The summed E-state index contributed by atoms with van der Waals surface area (Å²) in [4.78, 5) is 42.8. The number of carbonyl (C=O) groups excluding carboxylic acids is 3. The number of para-hydroxylation sites is 1. The first-order chi connectivity index (χ1) is 13.9. The van der Waals surface area contributed by atoms with Crippen molar-refractivity contribution in [3.8, 4) is 0 Å². The Morgan fingerprint density at radius 3 is 2.76 bits per heavy atom. The van der Waals surface area contributed by atoms with Gasteiger partial charge in [0.05, 0.1) is 10.9 Å². The molecule has 8 heteroatoms. The van der Waals surface area contributed by atoms with Gasteiger partial charge in [0.1, 0.15) is 5.82 Å². The highest BCUT2D eigenvalue weighted by molar-refractivity contribution is 6.30. The maximum absolute atomic E-state index is 12.5. The van der Waals surface area contributed by atoms with Crippen LogP contribution >= 0.6 is 11.6 Å². The van der Waals surface area contributed by atoms with Crippen molar-refractivity contribution in [3.05, 3.63) is 53.2 Å². The molecule has 1 N–H and O–H groups in total. The normalized spacial score (nSPS) is 17.1. The second kappa shape index (κ2) is 9.05. The minimum atomic E-state index is -1.02. The molecular weight excluding hydrogens is 394 g/mol. The van der Waals surface area contributed by atoms with Gasteiger partial charge in [-0.1, -0.05) is 36.7 Å². The van der Waals surface area contributed by atoms with Crippen molar-refractivity contribution in [1.82, 2.24) is 4.98 Å². The molecule has 1 aliphatic rings. The second-order valence-corrected chi connectivity index (χ2v) is 7.25. The summed E-state index contributed by atoms with van der Waals surface area (Å²) in [5.74, 6) is -1.51. The van der Waals surface area contributed by atoms with Gasteiger partial charge in [-0.2, -0.15) is 0 Å². The van der Waals surface area contributed by atoms with Crippen molar-refractivity contribution in [2.45, 2.75) is 32.8 Å². The maximum Gasteiger partial charge on any atom is 0.312 e. The van der Waals surface area contributed by atoms with Crippen LogP contribution in [0.15, 0.2) is 42.6 Å². The van der Waals surface area contributed by atoms with E-state index in [1.54, 1.807) is 17.0 Å². The molecule has 0 saturated carbocycles. The number of anilines is 2. The summed E-state index contributed by atoms with van der Waals surface area (Å²) in [7, 11) is 0. The molecule has 7 nitrogen and oxygen atoms in total. The summed E-state index contributed by atoms with van der Waals surface area (Å²) in [5, 5.41) is 3.01. The van der Waals surface area contributed by atoms with Crippen molar-refractivity contribution < 1.29 is 19.1 Å². The van der Waals surface area contributed by atoms with Crippen LogP contribution in [0.2, 0.25) is 5.02 Å². The Balaban J connectivity index is 1.60. The van der Waals surface area contributed by atoms with Crippen LogP contribution in [-0.4, -0.2) is 35.4 Å². The van der Waals surface area contributed by atoms with E-state index in [-0.39, 0.29) is 18.9 Å². The zero-order chi connectivity index (χ0) is 21.0. The molecule has 3 rings (SSSR count). The van der Waals surface area contributed by atoms with E-state index < -0.39 is 23.9 Å². The summed E-state index contributed by atoms with van der Waals surface area (Å²) in [5.41, 5.74) is 1.85. The average Bonchev–Trinajstić information content (AvgIpc) is 3.11. The van der Waals surface area contributed by atoms with Crippen LogP contribution in [0.3, 0.4) is 0 Å². The Hall–Kier alpha value is -2.93. The summed E-state index contributed by atoms with van der Waals surface area (Å²) in [6.45, 7) is 3.73. The van der Waals surface area contributed by atoms with Crippen molar-refractivity contribution in [2.24, 2.45) is 5.92 Å². The van der Waals surface area contributed by atoms with Crippen LogP contribution in [0, 0.1) is 5.92 Å². The molecule has 1 aromatic heterocycles. The lowest BCUT2D eigenvalue weighted by atomic mass is 10.1. The molecule has 1 saturated heterocycles. The minimum Gasteiger partial charge on any atom is -0.452 e. The number of ether oxygens (including phenoxy) is 1. The molecule has 2 aromatic rings. The molecule has 0 unspecified atom stereocenters. The van der Waals surface area contributed by atoms with Gasteiger partial charge in [0.25, 0.3) is 5.91 Å². The first kappa shape index (κ1) is 20.8. The van der Waals surface area contributed by atoms with Gasteiger partial charge in [0, 0.05) is 24.8 Å². The topological polar surface area (TPSA) is 88.6 Å². The number of hydrogen-bond acceptors (Lipinski definition) is 5. The molecule has 29 heavy (non-hydrogen) atoms. The van der Waals surface area contributed by atoms with E-state index in [4.69, 9.17) is 16.3 Å². The van der Waals surface area contributed by atoms with Gasteiger partial charge in [-0.3, -0.25) is 14.4 Å². The number of nitrogens with zero attached hydrogens (tertiary/aromatic N) is 2. The molecule has 0 aliphatic carbocycles. The number of aromatic nitrogens is 1. The zero-order valence-corrected chi connectivity index (χ0v) is 17.0. The first-order valence-corrected chi connectivity index (χ1v) is 9.78. The molecule has 2 atom stereocenters. The van der Waals surface area contributed by atoms with Crippen LogP contribution in [0.1, 0.15) is 25.8 Å². The van der Waals surface area contributed by atoms with Gasteiger partial charge in [0.2, 0.25) is 5.91 Å². The Bertz CT molecular complexity index is 916. The molecule has 2 amide bonds. The first-order valence-electron chi connectivity index (χ1n) is 9.40. The molecule has 0 spiro atoms. The quantitative estimate of drug-likeness (QED) is 0.732. The molecule has 2 heterocycles. The molecule has 152 valence electrons. The van der Waals surface area contributed by atoms with E-state index in [2.05, 4.69) is 10.3 Å². The Morgan fingerprint density at radius 2 is 2.07 bits per heavy atom. The number of pyridine rings is 1. The number of aryl methyl sites for hydroxylation is 1. The predicted molar refractivity (Wildman–Crippen MR) is 110 cm³/mol. The van der Waals surface area contributed by atoms with E-state index in [1.807, 2.05) is 31.2 Å². The number of esters is 1. The number of benzene rings is 1. The second-order valence-electron chi connectivity index (χ2n) is 6.82. The Kier molecular flexibility index (Phi) is 6.49. The van der Waals surface area contributed by atoms with E-state index in [0.717, 1.165) is 17.7 Å². The fourth-order valence-electron chi connectivity index (χ4n) is 3.17. The Morgan fingerprint density at radius 1 is 1.31 bits per heavy atom. The van der Waals surface area contributed by atoms with Crippen molar-refractivity contribution >= 4 is 40.9 Å². The SMILES string of the molecule is CCc1ccccc1N1C[C@H](C(=O)O[C@H](C)C(=O)Nc2ccc(Cl)cn2)CC1=O. The number of halogens is 1. The third-order valence-electron chi connectivity index (χ3n) is 4.76. The highest BCUT2D eigenvalue weighted by Gasteiger charge is 2.37. The molecule has 0 bridgehead atoms.